The monoisotopic (exact) mass is 354 g/mol. The molecule has 0 radical (unpaired) electrons. The highest BCUT2D eigenvalue weighted by molar-refractivity contribution is 5.96. The summed E-state index contributed by atoms with van der Waals surface area (Å²) in [4.78, 5) is 3.97. The van der Waals surface area contributed by atoms with Crippen molar-refractivity contribution >= 4 is 22.3 Å². The minimum Gasteiger partial charge on any atom is -0.411 e. The number of oxime groups is 1. The summed E-state index contributed by atoms with van der Waals surface area (Å²) in [6.45, 7) is 1.58. The van der Waals surface area contributed by atoms with E-state index in [1.807, 2.05) is 0 Å². The zero-order valence-electron chi connectivity index (χ0n) is 13.6. The van der Waals surface area contributed by atoms with Gasteiger partial charge >= 0.3 is 0 Å². The molecule has 0 unspecified atom stereocenters. The summed E-state index contributed by atoms with van der Waals surface area (Å²) >= 11 is 0. The van der Waals surface area contributed by atoms with Crippen molar-refractivity contribution in [2.45, 2.75) is 13.3 Å². The lowest BCUT2D eigenvalue weighted by Crippen LogP contribution is -2.08. The Bertz CT molecular complexity index is 1170. The van der Waals surface area contributed by atoms with E-state index in [1.165, 1.54) is 16.8 Å². The Morgan fingerprint density at radius 2 is 2.08 bits per heavy atom. The van der Waals surface area contributed by atoms with Crippen molar-refractivity contribution in [3.63, 3.8) is 0 Å². The highest BCUT2D eigenvalue weighted by atomic mass is 19.1. The molecule has 0 atom stereocenters. The second kappa shape index (κ2) is 6.10. The van der Waals surface area contributed by atoms with Crippen molar-refractivity contribution in [2.75, 3.05) is 0 Å². The standard InChI is InChI=1S/C17H12F2N6O/c1-9(24-26)13-4-5-15-21-22-16(25(15)23-13)7-11-12(18)8-14-10(17(11)19)3-2-6-20-14/h2-6,8,26H,7H2,1H3/b24-9+. The van der Waals surface area contributed by atoms with Gasteiger partial charge in [0.05, 0.1) is 5.52 Å². The first-order valence-electron chi connectivity index (χ1n) is 7.70. The van der Waals surface area contributed by atoms with Crippen LogP contribution in [0.2, 0.25) is 0 Å². The summed E-state index contributed by atoms with van der Waals surface area (Å²) < 4.78 is 30.6. The lowest BCUT2D eigenvalue weighted by Gasteiger charge is -2.07. The third-order valence-corrected chi connectivity index (χ3v) is 4.07. The van der Waals surface area contributed by atoms with Gasteiger partial charge in [-0.15, -0.1) is 10.2 Å². The maximum absolute atomic E-state index is 14.8. The van der Waals surface area contributed by atoms with Crippen molar-refractivity contribution in [2.24, 2.45) is 5.16 Å². The summed E-state index contributed by atoms with van der Waals surface area (Å²) in [5.41, 5.74) is 1.20. The molecule has 1 N–H and O–H groups in total. The molecule has 4 aromatic rings. The van der Waals surface area contributed by atoms with Gasteiger partial charge in [-0.1, -0.05) is 5.16 Å². The van der Waals surface area contributed by atoms with Crippen LogP contribution in [0.4, 0.5) is 8.78 Å². The fourth-order valence-electron chi connectivity index (χ4n) is 2.70. The lowest BCUT2D eigenvalue weighted by atomic mass is 10.1. The first-order chi connectivity index (χ1) is 12.6. The largest absolute Gasteiger partial charge is 0.411 e. The van der Waals surface area contributed by atoms with Crippen LogP contribution in [-0.2, 0) is 6.42 Å². The second-order valence-electron chi connectivity index (χ2n) is 5.69. The molecule has 9 heteroatoms. The molecule has 7 nitrogen and oxygen atoms in total. The van der Waals surface area contributed by atoms with Gasteiger partial charge in [-0.25, -0.2) is 8.78 Å². The van der Waals surface area contributed by atoms with Gasteiger partial charge in [-0.3, -0.25) is 4.98 Å². The molecule has 0 saturated carbocycles. The van der Waals surface area contributed by atoms with E-state index in [2.05, 4.69) is 25.4 Å². The van der Waals surface area contributed by atoms with Gasteiger partial charge in [-0.05, 0) is 31.2 Å². The molecule has 0 aliphatic rings. The van der Waals surface area contributed by atoms with Gasteiger partial charge in [0, 0.05) is 29.6 Å². The first-order valence-corrected chi connectivity index (χ1v) is 7.70. The van der Waals surface area contributed by atoms with E-state index >= 15 is 0 Å². The highest BCUT2D eigenvalue weighted by Gasteiger charge is 2.18. The number of rotatable bonds is 3. The molecule has 0 bridgehead atoms. The predicted molar refractivity (Wildman–Crippen MR) is 89.2 cm³/mol. The molecule has 26 heavy (non-hydrogen) atoms. The number of aromatic nitrogens is 5. The van der Waals surface area contributed by atoms with E-state index in [0.717, 1.165) is 0 Å². The van der Waals surface area contributed by atoms with Crippen LogP contribution in [0.5, 0.6) is 0 Å². The molecule has 130 valence electrons. The molecule has 0 spiro atoms. The van der Waals surface area contributed by atoms with Crippen LogP contribution in [0.25, 0.3) is 16.6 Å². The van der Waals surface area contributed by atoms with E-state index in [1.54, 1.807) is 31.2 Å². The van der Waals surface area contributed by atoms with Crippen LogP contribution in [0.3, 0.4) is 0 Å². The fraction of sp³-hybridized carbons (Fsp3) is 0.118. The van der Waals surface area contributed by atoms with Crippen molar-refractivity contribution in [1.82, 2.24) is 24.8 Å². The number of halogens is 2. The maximum atomic E-state index is 14.8. The van der Waals surface area contributed by atoms with Gasteiger partial charge in [0.15, 0.2) is 11.5 Å². The van der Waals surface area contributed by atoms with Gasteiger partial charge in [0.1, 0.15) is 23.0 Å². The van der Waals surface area contributed by atoms with E-state index < -0.39 is 11.6 Å². The van der Waals surface area contributed by atoms with Crippen molar-refractivity contribution in [3.05, 3.63) is 65.2 Å². The average molecular weight is 354 g/mol. The topological polar surface area (TPSA) is 88.6 Å². The molecule has 0 saturated heterocycles. The molecule has 0 aliphatic carbocycles. The van der Waals surface area contributed by atoms with E-state index in [0.29, 0.717) is 17.1 Å². The summed E-state index contributed by atoms with van der Waals surface area (Å²) in [5.74, 6) is -1.14. The zero-order chi connectivity index (χ0) is 18.3. The summed E-state index contributed by atoms with van der Waals surface area (Å²) in [6, 6.07) is 7.57. The van der Waals surface area contributed by atoms with Crippen LogP contribution in [0.1, 0.15) is 24.0 Å². The van der Waals surface area contributed by atoms with Crippen molar-refractivity contribution in [1.29, 1.82) is 0 Å². The van der Waals surface area contributed by atoms with E-state index in [4.69, 9.17) is 5.21 Å². The molecular weight excluding hydrogens is 342 g/mol. The van der Waals surface area contributed by atoms with Crippen LogP contribution in [0, 0.1) is 11.6 Å². The Kier molecular flexibility index (Phi) is 3.76. The van der Waals surface area contributed by atoms with Crippen molar-refractivity contribution < 1.29 is 14.0 Å². The molecule has 0 amide bonds. The van der Waals surface area contributed by atoms with Crippen LogP contribution in [-0.4, -0.2) is 35.7 Å². The number of nitrogens with zero attached hydrogens (tertiary/aromatic N) is 6. The third-order valence-electron chi connectivity index (χ3n) is 4.07. The van der Waals surface area contributed by atoms with Crippen molar-refractivity contribution in [3.8, 4) is 0 Å². The lowest BCUT2D eigenvalue weighted by molar-refractivity contribution is 0.319. The molecule has 3 heterocycles. The van der Waals surface area contributed by atoms with Gasteiger partial charge < -0.3 is 5.21 Å². The van der Waals surface area contributed by atoms with E-state index in [-0.39, 0.29) is 28.7 Å². The van der Waals surface area contributed by atoms with Crippen LogP contribution >= 0.6 is 0 Å². The first kappa shape index (κ1) is 16.0. The number of hydrogen-bond donors (Lipinski definition) is 1. The summed E-state index contributed by atoms with van der Waals surface area (Å²) in [7, 11) is 0. The zero-order valence-corrected chi connectivity index (χ0v) is 13.6. The molecule has 3 aromatic heterocycles. The quantitative estimate of drug-likeness (QED) is 0.347. The Hall–Kier alpha value is -3.49. The Balaban J connectivity index is 1.84. The van der Waals surface area contributed by atoms with Gasteiger partial charge in [-0.2, -0.15) is 9.61 Å². The summed E-state index contributed by atoms with van der Waals surface area (Å²) in [5, 5.41) is 24.4. The molecule has 1 aromatic carbocycles. The smallest absolute Gasteiger partial charge is 0.177 e. The summed E-state index contributed by atoms with van der Waals surface area (Å²) in [6.07, 6.45) is 1.33. The average Bonchev–Trinajstić information content (AvgIpc) is 3.06. The number of fused-ring (bicyclic) bond motifs is 2. The highest BCUT2D eigenvalue weighted by Crippen LogP contribution is 2.24. The van der Waals surface area contributed by atoms with Crippen LogP contribution < -0.4 is 0 Å². The number of benzene rings is 1. The molecule has 0 fully saturated rings. The maximum Gasteiger partial charge on any atom is 0.177 e. The Morgan fingerprint density at radius 1 is 1.23 bits per heavy atom. The number of pyridine rings is 1. The molecule has 4 rings (SSSR count). The number of hydrogen-bond acceptors (Lipinski definition) is 6. The molecular formula is C17H12F2N6O. The molecule has 0 aliphatic heterocycles. The fourth-order valence-corrected chi connectivity index (χ4v) is 2.70. The SMILES string of the molecule is C/C(=N\O)c1ccc2nnc(Cc3c(F)cc4ncccc4c3F)n2n1. The second-order valence-corrected chi connectivity index (χ2v) is 5.69. The Labute approximate surface area is 145 Å². The minimum absolute atomic E-state index is 0.139. The van der Waals surface area contributed by atoms with Gasteiger partial charge in [0.2, 0.25) is 0 Å². The third kappa shape index (κ3) is 2.53. The van der Waals surface area contributed by atoms with Gasteiger partial charge in [0.25, 0.3) is 0 Å². The Morgan fingerprint density at radius 3 is 2.88 bits per heavy atom. The predicted octanol–water partition coefficient (Wildman–Crippen LogP) is 2.74. The van der Waals surface area contributed by atoms with E-state index in [9.17, 15) is 8.78 Å². The van der Waals surface area contributed by atoms with Crippen LogP contribution in [0.15, 0.2) is 41.7 Å². The normalized spacial score (nSPS) is 12.2. The minimum atomic E-state index is -0.713.